The summed E-state index contributed by atoms with van der Waals surface area (Å²) in [6.45, 7) is 0. The Hall–Kier alpha value is -1.19. The molecule has 18 heavy (non-hydrogen) atoms. The summed E-state index contributed by atoms with van der Waals surface area (Å²) in [4.78, 5) is 4.39. The first-order valence-electron chi connectivity index (χ1n) is 6.49. The Kier molecular flexibility index (Phi) is 3.43. The number of hydrogen-bond donors (Lipinski definition) is 1. The molecule has 94 valence electrons. The summed E-state index contributed by atoms with van der Waals surface area (Å²) in [7, 11) is 2.07. The van der Waals surface area contributed by atoms with Crippen molar-refractivity contribution in [2.45, 2.75) is 24.8 Å². The molecule has 1 aromatic heterocycles. The van der Waals surface area contributed by atoms with E-state index in [1.807, 2.05) is 6.20 Å². The maximum atomic E-state index is 4.39. The second kappa shape index (κ2) is 5.21. The molecule has 0 aliphatic heterocycles. The van der Waals surface area contributed by atoms with E-state index in [2.05, 4.69) is 53.1 Å². The summed E-state index contributed by atoms with van der Waals surface area (Å²) in [5.74, 6) is 1.50. The van der Waals surface area contributed by atoms with Crippen LogP contribution in [0.2, 0.25) is 0 Å². The number of hydrogen-bond acceptors (Lipinski definition) is 3. The van der Waals surface area contributed by atoms with E-state index < -0.39 is 0 Å². The van der Waals surface area contributed by atoms with Crippen LogP contribution < -0.4 is 5.32 Å². The highest BCUT2D eigenvalue weighted by Gasteiger charge is 2.43. The fraction of sp³-hybridized carbons (Fsp3) is 0.400. The van der Waals surface area contributed by atoms with Crippen LogP contribution in [0.3, 0.4) is 0 Å². The average Bonchev–Trinajstić information content (AvgIpc) is 3.05. The first kappa shape index (κ1) is 11.9. The van der Waals surface area contributed by atoms with E-state index in [-0.39, 0.29) is 0 Å². The molecule has 1 aliphatic carbocycles. The molecule has 1 heterocycles. The minimum atomic E-state index is 0.557. The molecular formula is C15H18N2S. The first-order chi connectivity index (χ1) is 8.88. The van der Waals surface area contributed by atoms with Gasteiger partial charge >= 0.3 is 0 Å². The maximum Gasteiger partial charge on any atom is 0.0940 e. The predicted octanol–water partition coefficient (Wildman–Crippen LogP) is 3.08. The highest BCUT2D eigenvalue weighted by molar-refractivity contribution is 7.09. The largest absolute Gasteiger partial charge is 0.316 e. The quantitative estimate of drug-likeness (QED) is 0.891. The number of nitrogens with zero attached hydrogens (tertiary/aromatic N) is 1. The SMILES string of the molecule is CNC(Cc1nccs1)C1CC1c1ccccc1. The van der Waals surface area contributed by atoms with E-state index in [0.717, 1.165) is 18.3 Å². The molecule has 1 aromatic carbocycles. The van der Waals surface area contributed by atoms with Gasteiger partial charge in [0.25, 0.3) is 0 Å². The van der Waals surface area contributed by atoms with E-state index in [0.29, 0.717) is 6.04 Å². The maximum absolute atomic E-state index is 4.39. The lowest BCUT2D eigenvalue weighted by molar-refractivity contribution is 0.490. The van der Waals surface area contributed by atoms with Gasteiger partial charge in [0.2, 0.25) is 0 Å². The molecule has 3 atom stereocenters. The van der Waals surface area contributed by atoms with E-state index in [4.69, 9.17) is 0 Å². The van der Waals surface area contributed by atoms with Gasteiger partial charge in [0.15, 0.2) is 0 Å². The molecule has 0 radical (unpaired) electrons. The number of nitrogens with one attached hydrogen (secondary N) is 1. The normalized spacial score (nSPS) is 23.8. The molecule has 2 aromatic rings. The Balaban J connectivity index is 1.65. The van der Waals surface area contributed by atoms with Crippen LogP contribution in [-0.4, -0.2) is 18.1 Å². The predicted molar refractivity (Wildman–Crippen MR) is 76.0 cm³/mol. The van der Waals surface area contributed by atoms with Crippen molar-refractivity contribution in [1.82, 2.24) is 10.3 Å². The Labute approximate surface area is 112 Å². The molecule has 3 rings (SSSR count). The van der Waals surface area contributed by atoms with Gasteiger partial charge in [0.05, 0.1) is 5.01 Å². The van der Waals surface area contributed by atoms with Crippen molar-refractivity contribution in [2.75, 3.05) is 7.05 Å². The molecule has 1 aliphatic rings. The van der Waals surface area contributed by atoms with Crippen LogP contribution in [0.4, 0.5) is 0 Å². The van der Waals surface area contributed by atoms with Gasteiger partial charge in [0.1, 0.15) is 0 Å². The van der Waals surface area contributed by atoms with Gasteiger partial charge in [-0.05, 0) is 30.9 Å². The summed E-state index contributed by atoms with van der Waals surface area (Å²) >= 11 is 1.76. The molecule has 0 amide bonds. The van der Waals surface area contributed by atoms with Gasteiger partial charge in [0, 0.05) is 24.0 Å². The Morgan fingerprint density at radius 2 is 2.22 bits per heavy atom. The minimum absolute atomic E-state index is 0.557. The fourth-order valence-corrected chi connectivity index (χ4v) is 3.43. The molecule has 0 bridgehead atoms. The van der Waals surface area contributed by atoms with Gasteiger partial charge in [-0.3, -0.25) is 0 Å². The lowest BCUT2D eigenvalue weighted by atomic mass is 10.0. The number of likely N-dealkylation sites (N-methyl/N-ethyl adjacent to an activating group) is 1. The van der Waals surface area contributed by atoms with Gasteiger partial charge < -0.3 is 5.32 Å². The topological polar surface area (TPSA) is 24.9 Å². The van der Waals surface area contributed by atoms with Crippen molar-refractivity contribution in [1.29, 1.82) is 0 Å². The van der Waals surface area contributed by atoms with Gasteiger partial charge in [-0.15, -0.1) is 11.3 Å². The summed E-state index contributed by atoms with van der Waals surface area (Å²) < 4.78 is 0. The number of thiazole rings is 1. The standard InChI is InChI=1S/C15H18N2S/c1-16-14(10-15-17-7-8-18-15)13-9-12(13)11-5-3-2-4-6-11/h2-8,12-14,16H,9-10H2,1H3. The van der Waals surface area contributed by atoms with Gasteiger partial charge in [-0.2, -0.15) is 0 Å². The molecule has 3 heteroatoms. The summed E-state index contributed by atoms with van der Waals surface area (Å²) in [5, 5.41) is 6.77. The highest BCUT2D eigenvalue weighted by atomic mass is 32.1. The van der Waals surface area contributed by atoms with E-state index >= 15 is 0 Å². The van der Waals surface area contributed by atoms with E-state index in [9.17, 15) is 0 Å². The van der Waals surface area contributed by atoms with Crippen LogP contribution in [0, 0.1) is 5.92 Å². The average molecular weight is 258 g/mol. The van der Waals surface area contributed by atoms with Crippen molar-refractivity contribution in [2.24, 2.45) is 5.92 Å². The second-order valence-electron chi connectivity index (χ2n) is 4.94. The highest BCUT2D eigenvalue weighted by Crippen LogP contribution is 2.49. The van der Waals surface area contributed by atoms with E-state index in [1.165, 1.54) is 17.0 Å². The third-order valence-corrected chi connectivity index (χ3v) is 4.64. The zero-order valence-electron chi connectivity index (χ0n) is 10.5. The first-order valence-corrected chi connectivity index (χ1v) is 7.37. The van der Waals surface area contributed by atoms with Crippen molar-refractivity contribution >= 4 is 11.3 Å². The number of rotatable bonds is 5. The third kappa shape index (κ3) is 2.47. The van der Waals surface area contributed by atoms with Crippen LogP contribution in [0.15, 0.2) is 41.9 Å². The zero-order chi connectivity index (χ0) is 12.4. The van der Waals surface area contributed by atoms with Crippen molar-refractivity contribution < 1.29 is 0 Å². The molecular weight excluding hydrogens is 240 g/mol. The van der Waals surface area contributed by atoms with Crippen LogP contribution in [0.5, 0.6) is 0 Å². The second-order valence-corrected chi connectivity index (χ2v) is 5.92. The van der Waals surface area contributed by atoms with Crippen LogP contribution in [-0.2, 0) is 6.42 Å². The van der Waals surface area contributed by atoms with Gasteiger partial charge in [-0.25, -0.2) is 4.98 Å². The molecule has 1 N–H and O–H groups in total. The van der Waals surface area contributed by atoms with Crippen LogP contribution in [0.1, 0.15) is 22.9 Å². The van der Waals surface area contributed by atoms with Crippen molar-refractivity contribution in [3.8, 4) is 0 Å². The number of benzene rings is 1. The summed E-state index contributed by atoms with van der Waals surface area (Å²) in [6, 6.07) is 11.4. The minimum Gasteiger partial charge on any atom is -0.316 e. The fourth-order valence-electron chi connectivity index (χ4n) is 2.75. The third-order valence-electron chi connectivity index (χ3n) is 3.83. The zero-order valence-corrected chi connectivity index (χ0v) is 11.4. The smallest absolute Gasteiger partial charge is 0.0940 e. The molecule has 3 unspecified atom stereocenters. The molecule has 2 nitrogen and oxygen atoms in total. The van der Waals surface area contributed by atoms with Crippen molar-refractivity contribution in [3.05, 3.63) is 52.5 Å². The Morgan fingerprint density at radius 1 is 1.39 bits per heavy atom. The molecule has 1 fully saturated rings. The lowest BCUT2D eigenvalue weighted by Gasteiger charge is -2.14. The van der Waals surface area contributed by atoms with E-state index in [1.54, 1.807) is 11.3 Å². The molecule has 0 spiro atoms. The molecule has 1 saturated carbocycles. The summed E-state index contributed by atoms with van der Waals surface area (Å²) in [6.07, 6.45) is 4.26. The summed E-state index contributed by atoms with van der Waals surface area (Å²) in [5.41, 5.74) is 1.49. The van der Waals surface area contributed by atoms with Gasteiger partial charge in [-0.1, -0.05) is 30.3 Å². The molecule has 0 saturated heterocycles. The Bertz CT molecular complexity index is 480. The Morgan fingerprint density at radius 3 is 2.89 bits per heavy atom. The lowest BCUT2D eigenvalue weighted by Crippen LogP contribution is -2.30. The monoisotopic (exact) mass is 258 g/mol. The number of aromatic nitrogens is 1. The van der Waals surface area contributed by atoms with Crippen molar-refractivity contribution in [3.63, 3.8) is 0 Å². The van der Waals surface area contributed by atoms with Crippen LogP contribution in [0.25, 0.3) is 0 Å². The van der Waals surface area contributed by atoms with Crippen LogP contribution >= 0.6 is 11.3 Å².